The van der Waals surface area contributed by atoms with E-state index in [1.165, 1.54) is 11.1 Å². The second-order valence-corrected chi connectivity index (χ2v) is 10.8. The second-order valence-electron chi connectivity index (χ2n) is 7.17. The first-order chi connectivity index (χ1) is 13.6. The standard InChI is InChI=1S/C22H32O3P2S/c1-18(20-10-6-4-7-11-20)26-24-15-22(14-23,17-28-3)16-25-27-19(2)21-12-8-5-9-13-21/h4-13,18-19,23,26-27H,14-17H2,1-3H3. The summed E-state index contributed by atoms with van der Waals surface area (Å²) in [5.74, 6) is 0.817. The molecule has 28 heavy (non-hydrogen) atoms. The summed E-state index contributed by atoms with van der Waals surface area (Å²) in [6, 6.07) is 20.8. The van der Waals surface area contributed by atoms with Crippen molar-refractivity contribution in [2.24, 2.45) is 5.41 Å². The lowest BCUT2D eigenvalue weighted by atomic mass is 9.94. The molecule has 0 saturated carbocycles. The summed E-state index contributed by atoms with van der Waals surface area (Å²) in [6.07, 6.45) is 2.06. The zero-order valence-electron chi connectivity index (χ0n) is 16.9. The maximum absolute atomic E-state index is 10.1. The third-order valence-electron chi connectivity index (χ3n) is 4.66. The molecule has 2 aromatic carbocycles. The zero-order chi connectivity index (χ0) is 20.2. The number of hydrogen-bond donors (Lipinski definition) is 1. The minimum Gasteiger partial charge on any atom is -0.396 e. The van der Waals surface area contributed by atoms with Crippen molar-refractivity contribution in [2.45, 2.75) is 25.2 Å². The van der Waals surface area contributed by atoms with Gasteiger partial charge in [0.15, 0.2) is 0 Å². The first-order valence-corrected chi connectivity index (χ1v) is 12.9. The summed E-state index contributed by atoms with van der Waals surface area (Å²) in [5, 5.41) is 10.1. The van der Waals surface area contributed by atoms with Crippen LogP contribution in [0.5, 0.6) is 0 Å². The van der Waals surface area contributed by atoms with Crippen LogP contribution < -0.4 is 0 Å². The van der Waals surface area contributed by atoms with Gasteiger partial charge in [-0.05, 0) is 17.4 Å². The first-order valence-electron chi connectivity index (χ1n) is 9.54. The summed E-state index contributed by atoms with van der Waals surface area (Å²) in [6.45, 7) is 5.47. The lowest BCUT2D eigenvalue weighted by Crippen LogP contribution is -2.37. The van der Waals surface area contributed by atoms with Crippen molar-refractivity contribution in [2.75, 3.05) is 31.8 Å². The quantitative estimate of drug-likeness (QED) is 0.385. The van der Waals surface area contributed by atoms with E-state index in [0.717, 1.165) is 5.75 Å². The first kappa shape index (κ1) is 23.8. The van der Waals surface area contributed by atoms with E-state index in [0.29, 0.717) is 42.1 Å². The van der Waals surface area contributed by atoms with Gasteiger partial charge < -0.3 is 14.2 Å². The topological polar surface area (TPSA) is 38.7 Å². The van der Waals surface area contributed by atoms with Crippen LogP contribution in [0.25, 0.3) is 0 Å². The number of aliphatic hydroxyl groups excluding tert-OH is 1. The average molecular weight is 439 g/mol. The number of benzene rings is 2. The third kappa shape index (κ3) is 7.75. The molecule has 0 fully saturated rings. The van der Waals surface area contributed by atoms with Crippen LogP contribution in [0.1, 0.15) is 36.3 Å². The maximum Gasteiger partial charge on any atom is 0.0614 e. The molecular formula is C22H32O3P2S. The molecule has 2 aromatic rings. The van der Waals surface area contributed by atoms with Crippen LogP contribution in [-0.2, 0) is 9.05 Å². The molecule has 4 unspecified atom stereocenters. The molecule has 1 N–H and O–H groups in total. The van der Waals surface area contributed by atoms with Crippen molar-refractivity contribution in [1.29, 1.82) is 0 Å². The Balaban J connectivity index is 1.84. The van der Waals surface area contributed by atoms with Gasteiger partial charge in [0.2, 0.25) is 0 Å². The van der Waals surface area contributed by atoms with E-state index in [-0.39, 0.29) is 12.0 Å². The Kier molecular flexibility index (Phi) is 11.0. The van der Waals surface area contributed by atoms with Gasteiger partial charge in [0.1, 0.15) is 0 Å². The predicted molar refractivity (Wildman–Crippen MR) is 126 cm³/mol. The lowest BCUT2D eigenvalue weighted by Gasteiger charge is -2.31. The van der Waals surface area contributed by atoms with E-state index >= 15 is 0 Å². The average Bonchev–Trinajstić information content (AvgIpc) is 2.74. The van der Waals surface area contributed by atoms with Crippen LogP contribution in [0, 0.1) is 5.41 Å². The Morgan fingerprint density at radius 1 is 0.857 bits per heavy atom. The molecule has 0 saturated heterocycles. The van der Waals surface area contributed by atoms with Crippen LogP contribution in [-0.4, -0.2) is 36.9 Å². The van der Waals surface area contributed by atoms with Crippen molar-refractivity contribution >= 4 is 29.4 Å². The minimum atomic E-state index is -0.355. The number of rotatable bonds is 13. The molecule has 3 nitrogen and oxygen atoms in total. The number of aliphatic hydroxyl groups is 1. The molecule has 0 aliphatic rings. The smallest absolute Gasteiger partial charge is 0.0614 e. The van der Waals surface area contributed by atoms with Crippen molar-refractivity contribution in [1.82, 2.24) is 0 Å². The van der Waals surface area contributed by atoms with Crippen LogP contribution in [0.15, 0.2) is 60.7 Å². The molecule has 0 amide bonds. The highest BCUT2D eigenvalue weighted by Gasteiger charge is 2.31. The van der Waals surface area contributed by atoms with Crippen molar-refractivity contribution in [3.05, 3.63) is 71.8 Å². The van der Waals surface area contributed by atoms with E-state index < -0.39 is 0 Å². The molecule has 0 aliphatic carbocycles. The predicted octanol–water partition coefficient (Wildman–Crippen LogP) is 6.07. The Morgan fingerprint density at radius 2 is 1.29 bits per heavy atom. The van der Waals surface area contributed by atoms with Crippen LogP contribution in [0.3, 0.4) is 0 Å². The Morgan fingerprint density at radius 3 is 1.64 bits per heavy atom. The molecule has 0 aliphatic heterocycles. The van der Waals surface area contributed by atoms with Gasteiger partial charge in [-0.25, -0.2) is 0 Å². The van der Waals surface area contributed by atoms with Crippen LogP contribution in [0.2, 0.25) is 0 Å². The SMILES string of the molecule is CSCC(CO)(COPC(C)c1ccccc1)COPC(C)c1ccccc1. The Hall–Kier alpha value is -0.470. The highest BCUT2D eigenvalue weighted by Crippen LogP contribution is 2.39. The molecule has 0 spiro atoms. The van der Waals surface area contributed by atoms with Gasteiger partial charge in [0, 0.05) is 40.1 Å². The van der Waals surface area contributed by atoms with E-state index in [2.05, 4.69) is 68.6 Å². The maximum atomic E-state index is 10.1. The summed E-state index contributed by atoms with van der Waals surface area (Å²) < 4.78 is 12.2. The molecule has 6 heteroatoms. The van der Waals surface area contributed by atoms with Gasteiger partial charge in [0.25, 0.3) is 0 Å². The monoisotopic (exact) mass is 438 g/mol. The largest absolute Gasteiger partial charge is 0.396 e. The van der Waals surface area contributed by atoms with E-state index in [9.17, 15) is 5.11 Å². The molecule has 0 heterocycles. The second kappa shape index (κ2) is 13.0. The molecule has 2 rings (SSSR count). The van der Waals surface area contributed by atoms with Gasteiger partial charge >= 0.3 is 0 Å². The minimum absolute atomic E-state index is 0.0717. The van der Waals surface area contributed by atoms with Gasteiger partial charge in [-0.15, -0.1) is 0 Å². The highest BCUT2D eigenvalue weighted by molar-refractivity contribution is 7.98. The van der Waals surface area contributed by atoms with E-state index in [1.54, 1.807) is 11.8 Å². The molecule has 0 bridgehead atoms. The van der Waals surface area contributed by atoms with Crippen molar-refractivity contribution < 1.29 is 14.2 Å². The summed E-state index contributed by atoms with van der Waals surface area (Å²) in [5.41, 5.74) is 2.93. The zero-order valence-corrected chi connectivity index (χ0v) is 19.7. The molecule has 154 valence electrons. The Bertz CT molecular complexity index is 606. The highest BCUT2D eigenvalue weighted by atomic mass is 32.2. The summed E-state index contributed by atoms with van der Waals surface area (Å²) in [4.78, 5) is 0. The van der Waals surface area contributed by atoms with Gasteiger partial charge in [0.05, 0.1) is 19.8 Å². The summed E-state index contributed by atoms with van der Waals surface area (Å²) in [7, 11) is 0.738. The number of thioether (sulfide) groups is 1. The fraction of sp³-hybridized carbons (Fsp3) is 0.455. The van der Waals surface area contributed by atoms with E-state index in [1.807, 2.05) is 12.1 Å². The fourth-order valence-corrected chi connectivity index (χ4v) is 5.63. The van der Waals surface area contributed by atoms with Crippen LogP contribution >= 0.6 is 29.4 Å². The van der Waals surface area contributed by atoms with E-state index in [4.69, 9.17) is 9.05 Å². The lowest BCUT2D eigenvalue weighted by molar-refractivity contribution is 0.0519. The molecule has 0 radical (unpaired) electrons. The summed E-state index contributed by atoms with van der Waals surface area (Å²) >= 11 is 1.73. The third-order valence-corrected chi connectivity index (χ3v) is 7.56. The molecule has 4 atom stereocenters. The number of hydrogen-bond acceptors (Lipinski definition) is 4. The van der Waals surface area contributed by atoms with Crippen molar-refractivity contribution in [3.8, 4) is 0 Å². The fourth-order valence-electron chi connectivity index (χ4n) is 2.83. The van der Waals surface area contributed by atoms with Gasteiger partial charge in [-0.3, -0.25) is 0 Å². The van der Waals surface area contributed by atoms with Gasteiger partial charge in [-0.1, -0.05) is 74.5 Å². The molecular weight excluding hydrogens is 406 g/mol. The molecule has 0 aromatic heterocycles. The normalized spacial score (nSPS) is 16.6. The van der Waals surface area contributed by atoms with Crippen molar-refractivity contribution in [3.63, 3.8) is 0 Å². The Labute approximate surface area is 177 Å². The van der Waals surface area contributed by atoms with Gasteiger partial charge in [-0.2, -0.15) is 11.8 Å². The van der Waals surface area contributed by atoms with Crippen LogP contribution in [0.4, 0.5) is 0 Å².